The van der Waals surface area contributed by atoms with Crippen LogP contribution in [0.15, 0.2) is 200 Å². The van der Waals surface area contributed by atoms with Crippen LogP contribution in [0.2, 0.25) is 0 Å². The maximum Gasteiger partial charge on any atom is 0.186 e. The number of rotatable bonds is 4. The molecule has 1 aromatic heterocycles. The summed E-state index contributed by atoms with van der Waals surface area (Å²) in [6, 6.07) is 70.6. The SMILES string of the molecule is c1ccc2c(c1)OC1(c3ccccc3-2)c2ccccc2-c2cc(-c3ccc(-c4nc(-c5cccc6ccccc56)nc(-c5cccc6ccccc56)n4)cc3)ccc21. The number of hydrogen-bond acceptors (Lipinski definition) is 4. The van der Waals surface area contributed by atoms with Crippen molar-refractivity contribution in [3.05, 3.63) is 217 Å². The molecule has 270 valence electrons. The molecular weight excluding hydrogens is 707 g/mol. The van der Waals surface area contributed by atoms with Gasteiger partial charge in [-0.1, -0.05) is 188 Å². The summed E-state index contributed by atoms with van der Waals surface area (Å²) in [5.41, 5.74) is 12.6. The Morgan fingerprint density at radius 1 is 0.310 bits per heavy atom. The first-order valence-electron chi connectivity index (χ1n) is 19.7. The highest BCUT2D eigenvalue weighted by Crippen LogP contribution is 2.58. The van der Waals surface area contributed by atoms with Gasteiger partial charge in [0.1, 0.15) is 5.75 Å². The third-order valence-electron chi connectivity index (χ3n) is 11.9. The Kier molecular flexibility index (Phi) is 7.11. The number of hydrogen-bond donors (Lipinski definition) is 0. The molecule has 1 aliphatic carbocycles. The van der Waals surface area contributed by atoms with Gasteiger partial charge in [-0.2, -0.15) is 0 Å². The molecule has 1 aliphatic heterocycles. The zero-order valence-corrected chi connectivity index (χ0v) is 31.3. The van der Waals surface area contributed by atoms with Crippen LogP contribution in [0.5, 0.6) is 5.75 Å². The van der Waals surface area contributed by atoms with E-state index in [2.05, 4.69) is 200 Å². The fourth-order valence-corrected chi connectivity index (χ4v) is 9.25. The lowest BCUT2D eigenvalue weighted by Crippen LogP contribution is -2.36. The summed E-state index contributed by atoms with van der Waals surface area (Å²) in [4.78, 5) is 15.4. The topological polar surface area (TPSA) is 47.9 Å². The number of fused-ring (bicyclic) bond motifs is 11. The average molecular weight is 740 g/mol. The van der Waals surface area contributed by atoms with E-state index in [1.54, 1.807) is 0 Å². The van der Waals surface area contributed by atoms with Gasteiger partial charge in [0.15, 0.2) is 23.1 Å². The molecule has 4 heteroatoms. The second-order valence-electron chi connectivity index (χ2n) is 15.1. The fourth-order valence-electron chi connectivity index (χ4n) is 9.25. The second kappa shape index (κ2) is 12.7. The lowest BCUT2D eigenvalue weighted by Gasteiger charge is -2.39. The molecule has 0 N–H and O–H groups in total. The minimum absolute atomic E-state index is 0.630. The van der Waals surface area contributed by atoms with Crippen molar-refractivity contribution in [1.82, 2.24) is 15.0 Å². The van der Waals surface area contributed by atoms with Crippen molar-refractivity contribution < 1.29 is 4.74 Å². The summed E-state index contributed by atoms with van der Waals surface area (Å²) in [5.74, 6) is 2.82. The minimum atomic E-state index is -0.748. The summed E-state index contributed by atoms with van der Waals surface area (Å²) in [7, 11) is 0. The quantitative estimate of drug-likeness (QED) is 0.180. The van der Waals surface area contributed by atoms with Crippen LogP contribution in [-0.4, -0.2) is 15.0 Å². The van der Waals surface area contributed by atoms with Gasteiger partial charge in [-0.3, -0.25) is 0 Å². The average Bonchev–Trinajstić information content (AvgIpc) is 3.57. The Hall–Kier alpha value is -7.69. The molecule has 0 radical (unpaired) electrons. The van der Waals surface area contributed by atoms with E-state index in [0.717, 1.165) is 66.2 Å². The molecular formula is C54H33N3O. The van der Waals surface area contributed by atoms with Crippen LogP contribution < -0.4 is 4.74 Å². The molecule has 0 amide bonds. The largest absolute Gasteiger partial charge is 0.472 e. The van der Waals surface area contributed by atoms with Crippen LogP contribution >= 0.6 is 0 Å². The number of aromatic nitrogens is 3. The van der Waals surface area contributed by atoms with E-state index < -0.39 is 5.60 Å². The van der Waals surface area contributed by atoms with Crippen LogP contribution in [0.4, 0.5) is 0 Å². The van der Waals surface area contributed by atoms with Crippen LogP contribution in [0, 0.1) is 0 Å². The van der Waals surface area contributed by atoms with E-state index in [0.29, 0.717) is 17.5 Å². The molecule has 0 saturated heterocycles. The van der Waals surface area contributed by atoms with Gasteiger partial charge in [-0.05, 0) is 61.5 Å². The van der Waals surface area contributed by atoms with E-state index in [1.807, 2.05) is 0 Å². The second-order valence-corrected chi connectivity index (χ2v) is 15.1. The Morgan fingerprint density at radius 2 is 0.759 bits per heavy atom. The zero-order chi connectivity index (χ0) is 38.2. The van der Waals surface area contributed by atoms with Crippen LogP contribution in [-0.2, 0) is 5.60 Å². The normalized spacial score (nSPS) is 14.8. The van der Waals surface area contributed by atoms with E-state index in [-0.39, 0.29) is 0 Å². The van der Waals surface area contributed by atoms with Gasteiger partial charge >= 0.3 is 0 Å². The summed E-state index contributed by atoms with van der Waals surface area (Å²) >= 11 is 0. The Labute approximate surface area is 335 Å². The lowest BCUT2D eigenvalue weighted by molar-refractivity contribution is 0.157. The van der Waals surface area contributed by atoms with Gasteiger partial charge in [0, 0.05) is 38.9 Å². The molecule has 0 saturated carbocycles. The van der Waals surface area contributed by atoms with Crippen molar-refractivity contribution in [2.24, 2.45) is 0 Å². The molecule has 4 nitrogen and oxygen atoms in total. The molecule has 1 atom stereocenters. The monoisotopic (exact) mass is 739 g/mol. The van der Waals surface area contributed by atoms with Crippen molar-refractivity contribution in [3.63, 3.8) is 0 Å². The first-order valence-corrected chi connectivity index (χ1v) is 19.7. The standard InChI is InChI=1S/C54H33N3O/c1-3-17-39-35(13-1)15-11-22-44(39)52-55-51(56-53(57-52)45-23-12-16-36-14-2-4-18-40(36)45)37-29-27-34(28-30-37)38-31-32-49-46(33-38)42-20-6-9-25-48(42)54(49)47-24-8-5-19-41(47)43-21-7-10-26-50(43)58-54/h1-33H. The molecule has 9 aromatic carbocycles. The highest BCUT2D eigenvalue weighted by molar-refractivity contribution is 5.98. The predicted octanol–water partition coefficient (Wildman–Crippen LogP) is 13.2. The lowest BCUT2D eigenvalue weighted by atomic mass is 9.77. The number of nitrogens with zero attached hydrogens (tertiary/aromatic N) is 3. The summed E-state index contributed by atoms with van der Waals surface area (Å²) in [6.45, 7) is 0. The molecule has 0 fully saturated rings. The molecule has 2 heterocycles. The van der Waals surface area contributed by atoms with Gasteiger partial charge in [0.25, 0.3) is 0 Å². The van der Waals surface area contributed by atoms with Gasteiger partial charge in [-0.15, -0.1) is 0 Å². The first-order chi connectivity index (χ1) is 28.7. The molecule has 0 bridgehead atoms. The summed E-state index contributed by atoms with van der Waals surface area (Å²) in [5, 5.41) is 4.50. The van der Waals surface area contributed by atoms with Gasteiger partial charge in [-0.25, -0.2) is 15.0 Å². The van der Waals surface area contributed by atoms with Gasteiger partial charge in [0.05, 0.1) is 0 Å². The number of benzene rings is 9. The first kappa shape index (κ1) is 32.5. The molecule has 10 aromatic rings. The molecule has 1 unspecified atom stereocenters. The molecule has 58 heavy (non-hydrogen) atoms. The Morgan fingerprint density at radius 3 is 1.41 bits per heavy atom. The minimum Gasteiger partial charge on any atom is -0.472 e. The van der Waals surface area contributed by atoms with Crippen molar-refractivity contribution in [3.8, 4) is 73.3 Å². The Bertz CT molecular complexity index is 3170. The third kappa shape index (κ3) is 4.85. The molecule has 2 aliphatic rings. The fraction of sp³-hybridized carbons (Fsp3) is 0.0185. The molecule has 12 rings (SSSR count). The summed E-state index contributed by atoms with van der Waals surface area (Å²) < 4.78 is 7.18. The summed E-state index contributed by atoms with van der Waals surface area (Å²) in [6.07, 6.45) is 0. The van der Waals surface area contributed by atoms with Crippen molar-refractivity contribution in [1.29, 1.82) is 0 Å². The van der Waals surface area contributed by atoms with Crippen LogP contribution in [0.3, 0.4) is 0 Å². The van der Waals surface area contributed by atoms with Gasteiger partial charge < -0.3 is 4.74 Å². The highest BCUT2D eigenvalue weighted by atomic mass is 16.5. The van der Waals surface area contributed by atoms with E-state index in [4.69, 9.17) is 19.7 Å². The number of ether oxygens (including phenoxy) is 1. The zero-order valence-electron chi connectivity index (χ0n) is 31.3. The van der Waals surface area contributed by atoms with Crippen molar-refractivity contribution in [2.75, 3.05) is 0 Å². The third-order valence-corrected chi connectivity index (χ3v) is 11.9. The van der Waals surface area contributed by atoms with E-state index >= 15 is 0 Å². The highest BCUT2D eigenvalue weighted by Gasteiger charge is 2.50. The van der Waals surface area contributed by atoms with Crippen molar-refractivity contribution >= 4 is 21.5 Å². The smallest absolute Gasteiger partial charge is 0.186 e. The van der Waals surface area contributed by atoms with E-state index in [9.17, 15) is 0 Å². The predicted molar refractivity (Wildman–Crippen MR) is 234 cm³/mol. The van der Waals surface area contributed by atoms with E-state index in [1.165, 1.54) is 27.8 Å². The number of para-hydroxylation sites is 1. The van der Waals surface area contributed by atoms with Crippen LogP contribution in [0.1, 0.15) is 16.7 Å². The Balaban J connectivity index is 0.978. The maximum atomic E-state index is 7.18. The van der Waals surface area contributed by atoms with Crippen LogP contribution in [0.25, 0.3) is 89.1 Å². The van der Waals surface area contributed by atoms with Gasteiger partial charge in [0.2, 0.25) is 0 Å². The maximum absolute atomic E-state index is 7.18. The molecule has 1 spiro atoms. The van der Waals surface area contributed by atoms with Crippen molar-refractivity contribution in [2.45, 2.75) is 5.60 Å².